The lowest BCUT2D eigenvalue weighted by Crippen LogP contribution is -2.43. The number of methoxy groups -OCH3 is 1. The lowest BCUT2D eigenvalue weighted by molar-refractivity contribution is 0.113. The number of hydrogen-bond donors (Lipinski definition) is 1. The van der Waals surface area contributed by atoms with Gasteiger partial charge in [-0.2, -0.15) is 0 Å². The Morgan fingerprint density at radius 3 is 2.35 bits per heavy atom. The lowest BCUT2D eigenvalue weighted by atomic mass is 10.2. The van der Waals surface area contributed by atoms with Gasteiger partial charge in [0.2, 0.25) is 0 Å². The van der Waals surface area contributed by atoms with Crippen LogP contribution in [-0.4, -0.2) is 36.9 Å². The molecule has 0 spiro atoms. The average molecular weight is 380 g/mol. The van der Waals surface area contributed by atoms with E-state index in [-0.39, 0.29) is 6.04 Å². The van der Waals surface area contributed by atoms with Gasteiger partial charge in [-0.05, 0) is 43.0 Å². The van der Waals surface area contributed by atoms with Crippen LogP contribution in [-0.2, 0) is 11.3 Å². The summed E-state index contributed by atoms with van der Waals surface area (Å²) in [4.78, 5) is 15.3. The first kappa shape index (κ1) is 20.2. The van der Waals surface area contributed by atoms with Gasteiger partial charge in [-0.3, -0.25) is 0 Å². The van der Waals surface area contributed by atoms with E-state index in [1.807, 2.05) is 37.4 Å². The number of amides is 2. The summed E-state index contributed by atoms with van der Waals surface area (Å²) in [5.41, 5.74) is 0.458. The monoisotopic (exact) mass is 380 g/mol. The van der Waals surface area contributed by atoms with Crippen LogP contribution in [0, 0.1) is 11.6 Å². The molecule has 0 saturated carbocycles. The third kappa shape index (κ3) is 5.19. The second-order valence-corrected chi connectivity index (χ2v) is 6.69. The lowest BCUT2D eigenvalue weighted by Gasteiger charge is -2.29. The Morgan fingerprint density at radius 1 is 1.19 bits per heavy atom. The number of ether oxygens (including phenoxy) is 1. The highest BCUT2D eigenvalue weighted by atomic mass is 32.2. The van der Waals surface area contributed by atoms with Crippen LogP contribution in [0.1, 0.15) is 12.5 Å². The van der Waals surface area contributed by atoms with Crippen LogP contribution in [0.2, 0.25) is 0 Å². The van der Waals surface area contributed by atoms with Crippen molar-refractivity contribution in [2.75, 3.05) is 25.3 Å². The Hall–Kier alpha value is -2.12. The molecule has 0 aliphatic carbocycles. The zero-order valence-electron chi connectivity index (χ0n) is 15.0. The summed E-state index contributed by atoms with van der Waals surface area (Å²) in [5, 5.41) is 2.34. The molecular weight excluding hydrogens is 358 g/mol. The molecule has 7 heteroatoms. The maximum absolute atomic E-state index is 13.8. The van der Waals surface area contributed by atoms with E-state index in [4.69, 9.17) is 4.74 Å². The fraction of sp³-hybridized carbons (Fsp3) is 0.316. The number of urea groups is 1. The number of carbonyl (C=O) groups excluding carboxylic acids is 1. The smallest absolute Gasteiger partial charge is 0.322 e. The van der Waals surface area contributed by atoms with Crippen molar-refractivity contribution in [2.24, 2.45) is 0 Å². The van der Waals surface area contributed by atoms with E-state index >= 15 is 0 Å². The number of nitrogens with one attached hydrogen (secondary N) is 1. The van der Waals surface area contributed by atoms with E-state index in [0.717, 1.165) is 22.6 Å². The molecule has 0 fully saturated rings. The zero-order valence-corrected chi connectivity index (χ0v) is 15.8. The maximum Gasteiger partial charge on any atom is 0.322 e. The molecule has 2 aromatic carbocycles. The molecule has 0 heterocycles. The van der Waals surface area contributed by atoms with Crippen LogP contribution in [0.4, 0.5) is 19.3 Å². The van der Waals surface area contributed by atoms with Crippen LogP contribution in [0.25, 0.3) is 0 Å². The summed E-state index contributed by atoms with van der Waals surface area (Å²) in [6.07, 6.45) is 1.98. The molecule has 0 aliphatic heterocycles. The predicted octanol–water partition coefficient (Wildman–Crippen LogP) is 4.76. The number of halogens is 2. The second-order valence-electron chi connectivity index (χ2n) is 5.81. The van der Waals surface area contributed by atoms with Crippen LogP contribution >= 0.6 is 11.8 Å². The highest BCUT2D eigenvalue weighted by Gasteiger charge is 2.22. The molecule has 4 nitrogen and oxygen atoms in total. The van der Waals surface area contributed by atoms with E-state index in [0.29, 0.717) is 13.2 Å². The van der Waals surface area contributed by atoms with Gasteiger partial charge < -0.3 is 15.0 Å². The molecule has 1 atom stereocenters. The van der Waals surface area contributed by atoms with Crippen LogP contribution < -0.4 is 5.32 Å². The molecular formula is C19H22F2N2O2S. The number of hydrogen-bond acceptors (Lipinski definition) is 3. The van der Waals surface area contributed by atoms with Gasteiger partial charge in [-0.1, -0.05) is 18.2 Å². The topological polar surface area (TPSA) is 41.6 Å². The van der Waals surface area contributed by atoms with Gasteiger partial charge in [0, 0.05) is 18.6 Å². The van der Waals surface area contributed by atoms with Crippen molar-refractivity contribution in [3.05, 3.63) is 59.7 Å². The highest BCUT2D eigenvalue weighted by Crippen LogP contribution is 2.21. The van der Waals surface area contributed by atoms with E-state index in [1.165, 1.54) is 18.1 Å². The molecule has 0 saturated heterocycles. The van der Waals surface area contributed by atoms with E-state index < -0.39 is 23.4 Å². The van der Waals surface area contributed by atoms with Crippen LogP contribution in [0.3, 0.4) is 0 Å². The molecule has 2 amide bonds. The van der Waals surface area contributed by atoms with Gasteiger partial charge in [0.1, 0.15) is 17.3 Å². The standard InChI is InChI=1S/C19H22F2N2O2S/c1-13(12-25-2)23(11-14-7-9-15(26-3)10-8-14)19(24)22-18-16(20)5-4-6-17(18)21/h4-10,13H,11-12H2,1-3H3,(H,22,24). The van der Waals surface area contributed by atoms with Crippen molar-refractivity contribution in [3.63, 3.8) is 0 Å². The van der Waals surface area contributed by atoms with Crippen LogP contribution in [0.5, 0.6) is 0 Å². The summed E-state index contributed by atoms with van der Waals surface area (Å²) in [5.74, 6) is -1.64. The largest absolute Gasteiger partial charge is 0.383 e. The summed E-state index contributed by atoms with van der Waals surface area (Å²) in [6, 6.07) is 10.4. The molecule has 1 N–H and O–H groups in total. The predicted molar refractivity (Wildman–Crippen MR) is 100 cm³/mol. The van der Waals surface area contributed by atoms with Gasteiger partial charge >= 0.3 is 6.03 Å². The van der Waals surface area contributed by atoms with Crippen molar-refractivity contribution in [1.29, 1.82) is 0 Å². The highest BCUT2D eigenvalue weighted by molar-refractivity contribution is 7.98. The van der Waals surface area contributed by atoms with E-state index in [2.05, 4.69) is 5.32 Å². The number of rotatable bonds is 7. The van der Waals surface area contributed by atoms with Gasteiger partial charge in [0.25, 0.3) is 0 Å². The zero-order chi connectivity index (χ0) is 19.1. The molecule has 0 aromatic heterocycles. The molecule has 140 valence electrons. The number of benzene rings is 2. The minimum atomic E-state index is -0.818. The molecule has 2 aromatic rings. The number of para-hydroxylation sites is 1. The molecule has 0 radical (unpaired) electrons. The van der Waals surface area contributed by atoms with Gasteiger partial charge in [0.05, 0.1) is 12.6 Å². The van der Waals surface area contributed by atoms with Crippen molar-refractivity contribution < 1.29 is 18.3 Å². The number of carbonyl (C=O) groups is 1. The Morgan fingerprint density at radius 2 is 1.81 bits per heavy atom. The molecule has 26 heavy (non-hydrogen) atoms. The van der Waals surface area contributed by atoms with Gasteiger partial charge in [0.15, 0.2) is 0 Å². The van der Waals surface area contributed by atoms with Crippen molar-refractivity contribution >= 4 is 23.5 Å². The maximum atomic E-state index is 13.8. The molecule has 1 unspecified atom stereocenters. The van der Waals surface area contributed by atoms with E-state index in [9.17, 15) is 13.6 Å². The first-order valence-corrected chi connectivity index (χ1v) is 9.32. The van der Waals surface area contributed by atoms with Crippen molar-refractivity contribution in [1.82, 2.24) is 4.90 Å². The minimum Gasteiger partial charge on any atom is -0.383 e. The van der Waals surface area contributed by atoms with Gasteiger partial charge in [-0.15, -0.1) is 11.8 Å². The Kier molecular flexibility index (Phi) is 7.41. The fourth-order valence-corrected chi connectivity index (χ4v) is 2.89. The van der Waals surface area contributed by atoms with E-state index in [1.54, 1.807) is 11.8 Å². The number of thioether (sulfide) groups is 1. The SMILES string of the molecule is COCC(C)N(Cc1ccc(SC)cc1)C(=O)Nc1c(F)cccc1F. The fourth-order valence-electron chi connectivity index (χ4n) is 2.48. The third-order valence-corrected chi connectivity index (χ3v) is 4.65. The average Bonchev–Trinajstić information content (AvgIpc) is 2.63. The minimum absolute atomic E-state index is 0.282. The first-order chi connectivity index (χ1) is 12.5. The Balaban J connectivity index is 2.21. The number of anilines is 1. The second kappa shape index (κ2) is 9.54. The summed E-state index contributed by atoms with van der Waals surface area (Å²) >= 11 is 1.63. The molecule has 0 aliphatic rings. The van der Waals surface area contributed by atoms with Crippen molar-refractivity contribution in [3.8, 4) is 0 Å². The van der Waals surface area contributed by atoms with Crippen LogP contribution in [0.15, 0.2) is 47.4 Å². The summed E-state index contributed by atoms with van der Waals surface area (Å²) < 4.78 is 32.8. The Bertz CT molecular complexity index is 721. The quantitative estimate of drug-likeness (QED) is 0.705. The van der Waals surface area contributed by atoms with Crippen molar-refractivity contribution in [2.45, 2.75) is 24.4 Å². The molecule has 0 bridgehead atoms. The first-order valence-electron chi connectivity index (χ1n) is 8.09. The van der Waals surface area contributed by atoms with Gasteiger partial charge in [-0.25, -0.2) is 13.6 Å². The summed E-state index contributed by atoms with van der Waals surface area (Å²) in [7, 11) is 1.54. The normalized spacial score (nSPS) is 11.9. The molecule has 2 rings (SSSR count). The Labute approximate surface area is 156 Å². The summed E-state index contributed by atoms with van der Waals surface area (Å²) in [6.45, 7) is 2.41. The third-order valence-electron chi connectivity index (χ3n) is 3.91. The number of nitrogens with zero attached hydrogens (tertiary/aromatic N) is 1.